The molecule has 0 aliphatic carbocycles. The molecule has 168 valence electrons. The van der Waals surface area contributed by atoms with Crippen LogP contribution in [-0.4, -0.2) is 47.1 Å². The minimum atomic E-state index is -4.45. The van der Waals surface area contributed by atoms with E-state index < -0.39 is 23.9 Å². The van der Waals surface area contributed by atoms with E-state index in [9.17, 15) is 27.6 Å². The molecule has 7 nitrogen and oxygen atoms in total. The smallest absolute Gasteiger partial charge is 0.416 e. The van der Waals surface area contributed by atoms with Crippen LogP contribution >= 0.6 is 11.8 Å². The highest BCUT2D eigenvalue weighted by atomic mass is 32.2. The molecule has 2 fully saturated rings. The maximum atomic E-state index is 12.7. The molecule has 1 atom stereocenters. The van der Waals surface area contributed by atoms with E-state index in [-0.39, 0.29) is 36.6 Å². The highest BCUT2D eigenvalue weighted by Crippen LogP contribution is 2.31. The summed E-state index contributed by atoms with van der Waals surface area (Å²) in [6.45, 7) is 0.510. The minimum absolute atomic E-state index is 0.0450. The molecule has 2 aromatic rings. The highest BCUT2D eigenvalue weighted by Gasteiger charge is 2.34. The molecule has 2 amide bonds. The highest BCUT2D eigenvalue weighted by molar-refractivity contribution is 8.26. The predicted octanol–water partition coefficient (Wildman–Crippen LogP) is 4.31. The van der Waals surface area contributed by atoms with Crippen molar-refractivity contribution in [3.05, 3.63) is 59.7 Å². The van der Waals surface area contributed by atoms with Gasteiger partial charge in [0.15, 0.2) is 6.10 Å². The standard InChI is InChI=1S/C21H17F3N2O5S/c22-21(23,24)14-4-6-15(7-5-14)26-10-17(31-19(26)28)12-30-16-3-1-2-13(8-16)9-25-11-18(27)32-20(25)29/h1-8,17H,9-12H2. The van der Waals surface area contributed by atoms with Crippen molar-refractivity contribution >= 4 is 33.9 Å². The Morgan fingerprint density at radius 3 is 2.50 bits per heavy atom. The lowest BCUT2D eigenvalue weighted by atomic mass is 10.2. The molecule has 1 unspecified atom stereocenters. The number of hydrogen-bond acceptors (Lipinski definition) is 6. The molecule has 2 aliphatic heterocycles. The summed E-state index contributed by atoms with van der Waals surface area (Å²) in [5, 5.41) is -0.481. The Kier molecular flexibility index (Phi) is 6.00. The molecule has 0 saturated carbocycles. The minimum Gasteiger partial charge on any atom is -0.490 e. The first-order valence-electron chi connectivity index (χ1n) is 9.56. The van der Waals surface area contributed by atoms with E-state index in [4.69, 9.17) is 9.47 Å². The molecule has 0 bridgehead atoms. The number of carbonyl (C=O) groups is 3. The van der Waals surface area contributed by atoms with Gasteiger partial charge in [-0.05, 0) is 42.0 Å². The quantitative estimate of drug-likeness (QED) is 0.632. The molecule has 2 heterocycles. The van der Waals surface area contributed by atoms with Crippen molar-refractivity contribution in [3.63, 3.8) is 0 Å². The maximum Gasteiger partial charge on any atom is 0.416 e. The monoisotopic (exact) mass is 466 g/mol. The Bertz CT molecular complexity index is 1040. The SMILES string of the molecule is O=C1CN(Cc2cccc(OCC3CN(c4ccc(C(F)(F)F)cc4)C(=O)O3)c2)C(=O)S1. The van der Waals surface area contributed by atoms with E-state index in [1.165, 1.54) is 21.9 Å². The van der Waals surface area contributed by atoms with Crippen molar-refractivity contribution in [1.82, 2.24) is 4.90 Å². The number of amides is 2. The van der Waals surface area contributed by atoms with Gasteiger partial charge < -0.3 is 14.4 Å². The van der Waals surface area contributed by atoms with Gasteiger partial charge in [0.25, 0.3) is 5.24 Å². The average molecular weight is 466 g/mol. The Balaban J connectivity index is 1.33. The summed E-state index contributed by atoms with van der Waals surface area (Å²) in [5.41, 5.74) is 0.281. The van der Waals surface area contributed by atoms with Crippen LogP contribution in [0, 0.1) is 0 Å². The number of cyclic esters (lactones) is 1. The Morgan fingerprint density at radius 2 is 1.84 bits per heavy atom. The third-order valence-corrected chi connectivity index (χ3v) is 5.66. The second-order valence-corrected chi connectivity index (χ2v) is 8.22. The van der Waals surface area contributed by atoms with E-state index >= 15 is 0 Å². The number of anilines is 1. The van der Waals surface area contributed by atoms with Gasteiger partial charge in [-0.15, -0.1) is 0 Å². The zero-order chi connectivity index (χ0) is 22.9. The van der Waals surface area contributed by atoms with Gasteiger partial charge in [0.05, 0.1) is 18.7 Å². The fraction of sp³-hybridized carbons (Fsp3) is 0.286. The van der Waals surface area contributed by atoms with E-state index in [1.54, 1.807) is 24.3 Å². The van der Waals surface area contributed by atoms with E-state index in [0.717, 1.165) is 17.7 Å². The van der Waals surface area contributed by atoms with Gasteiger partial charge in [-0.3, -0.25) is 14.5 Å². The molecule has 2 saturated heterocycles. The van der Waals surface area contributed by atoms with Crippen molar-refractivity contribution < 1.29 is 37.0 Å². The number of nitrogens with zero attached hydrogens (tertiary/aromatic N) is 2. The summed E-state index contributed by atoms with van der Waals surface area (Å²) in [5.74, 6) is 0.497. The predicted molar refractivity (Wildman–Crippen MR) is 109 cm³/mol. The van der Waals surface area contributed by atoms with Crippen LogP contribution in [0.5, 0.6) is 5.75 Å². The first-order chi connectivity index (χ1) is 15.2. The lowest BCUT2D eigenvalue weighted by Crippen LogP contribution is -2.26. The van der Waals surface area contributed by atoms with Crippen LogP contribution < -0.4 is 9.64 Å². The fourth-order valence-corrected chi connectivity index (χ4v) is 4.00. The van der Waals surface area contributed by atoms with Crippen molar-refractivity contribution in [3.8, 4) is 5.75 Å². The van der Waals surface area contributed by atoms with Crippen molar-refractivity contribution in [2.75, 3.05) is 24.6 Å². The molecule has 2 aromatic carbocycles. The molecule has 4 rings (SSSR count). The third-order valence-electron chi connectivity index (χ3n) is 4.87. The fourth-order valence-electron chi connectivity index (χ4n) is 3.33. The molecule has 0 radical (unpaired) electrons. The number of alkyl halides is 3. The molecule has 2 aliphatic rings. The molecule has 0 aromatic heterocycles. The number of halogens is 3. The van der Waals surface area contributed by atoms with Gasteiger partial charge >= 0.3 is 12.3 Å². The Morgan fingerprint density at radius 1 is 1.09 bits per heavy atom. The number of thioether (sulfide) groups is 1. The second-order valence-electron chi connectivity index (χ2n) is 7.22. The number of carbonyl (C=O) groups excluding carboxylic acids is 3. The lowest BCUT2D eigenvalue weighted by Gasteiger charge is -2.16. The number of rotatable bonds is 6. The van der Waals surface area contributed by atoms with E-state index in [1.807, 2.05) is 0 Å². The number of hydrogen-bond donors (Lipinski definition) is 0. The topological polar surface area (TPSA) is 76.2 Å². The molecule has 32 heavy (non-hydrogen) atoms. The van der Waals surface area contributed by atoms with Crippen molar-refractivity contribution in [1.29, 1.82) is 0 Å². The van der Waals surface area contributed by atoms with Crippen molar-refractivity contribution in [2.24, 2.45) is 0 Å². The van der Waals surface area contributed by atoms with Gasteiger partial charge in [0.2, 0.25) is 5.12 Å². The van der Waals surface area contributed by atoms with Gasteiger partial charge in [-0.1, -0.05) is 12.1 Å². The summed E-state index contributed by atoms with van der Waals surface area (Å²) in [7, 11) is 0. The van der Waals surface area contributed by atoms with Crippen molar-refractivity contribution in [2.45, 2.75) is 18.8 Å². The van der Waals surface area contributed by atoms with Gasteiger partial charge in [0, 0.05) is 24.0 Å². The molecule has 11 heteroatoms. The van der Waals surface area contributed by atoms with Gasteiger partial charge in [0.1, 0.15) is 12.4 Å². The first kappa shape index (κ1) is 22.0. The zero-order valence-corrected chi connectivity index (χ0v) is 17.3. The number of benzene rings is 2. The summed E-state index contributed by atoms with van der Waals surface area (Å²) in [6, 6.07) is 11.2. The number of ether oxygens (including phenoxy) is 2. The molecule has 0 N–H and O–H groups in total. The normalized spacial score (nSPS) is 19.0. The summed E-state index contributed by atoms with van der Waals surface area (Å²) in [4.78, 5) is 37.9. The molecular weight excluding hydrogens is 449 g/mol. The van der Waals surface area contributed by atoms with Crippen LogP contribution in [0.3, 0.4) is 0 Å². The molecular formula is C21H17F3N2O5S. The molecule has 0 spiro atoms. The van der Waals surface area contributed by atoms with Crippen LogP contribution in [0.1, 0.15) is 11.1 Å². The van der Waals surface area contributed by atoms with Gasteiger partial charge in [-0.2, -0.15) is 13.2 Å². The summed E-state index contributed by atoms with van der Waals surface area (Å²) in [6.07, 6.45) is -5.73. The lowest BCUT2D eigenvalue weighted by molar-refractivity contribution is -0.137. The van der Waals surface area contributed by atoms with Crippen LogP contribution in [0.2, 0.25) is 0 Å². The van der Waals surface area contributed by atoms with Gasteiger partial charge in [-0.25, -0.2) is 4.79 Å². The third kappa shape index (κ3) is 4.98. The Hall–Kier alpha value is -3.21. The van der Waals surface area contributed by atoms with Crippen LogP contribution in [0.15, 0.2) is 48.5 Å². The first-order valence-corrected chi connectivity index (χ1v) is 10.4. The maximum absolute atomic E-state index is 12.7. The van der Waals surface area contributed by atoms with E-state index in [0.29, 0.717) is 23.2 Å². The summed E-state index contributed by atoms with van der Waals surface area (Å²) >= 11 is 0.688. The van der Waals surface area contributed by atoms with Crippen LogP contribution in [0.25, 0.3) is 0 Å². The van der Waals surface area contributed by atoms with E-state index in [2.05, 4.69) is 0 Å². The van der Waals surface area contributed by atoms with Crippen LogP contribution in [-0.2, 0) is 22.3 Å². The second kappa shape index (κ2) is 8.73. The largest absolute Gasteiger partial charge is 0.490 e. The zero-order valence-electron chi connectivity index (χ0n) is 16.5. The van der Waals surface area contributed by atoms with Crippen LogP contribution in [0.4, 0.5) is 28.4 Å². The summed E-state index contributed by atoms with van der Waals surface area (Å²) < 4.78 is 49.1. The average Bonchev–Trinajstić information content (AvgIpc) is 3.27. The Labute approximate surface area is 185 Å².